The maximum absolute atomic E-state index is 12.4. The molecule has 9 heteroatoms. The van der Waals surface area contributed by atoms with E-state index in [1.165, 1.54) is 6.92 Å². The summed E-state index contributed by atoms with van der Waals surface area (Å²) in [5, 5.41) is 5.42. The molecule has 2 aromatic carbocycles. The second-order valence-electron chi connectivity index (χ2n) is 7.56. The van der Waals surface area contributed by atoms with Crippen LogP contribution < -0.4 is 20.3 Å². The van der Waals surface area contributed by atoms with Crippen LogP contribution in [0.15, 0.2) is 48.5 Å². The molecule has 4 rings (SSSR count). The number of carbonyl (C=O) groups excluding carboxylic acids is 3. The van der Waals surface area contributed by atoms with Crippen molar-refractivity contribution >= 4 is 34.8 Å². The number of para-hydroxylation sites is 2. The molecular formula is C23H25N3O6. The summed E-state index contributed by atoms with van der Waals surface area (Å²) in [6.45, 7) is 4.52. The molecule has 0 radical (unpaired) electrons. The minimum Gasteiger partial charge on any atom is -0.478 e. The molecular weight excluding hydrogens is 414 g/mol. The van der Waals surface area contributed by atoms with Crippen molar-refractivity contribution in [3.63, 3.8) is 0 Å². The van der Waals surface area contributed by atoms with Gasteiger partial charge in [-0.1, -0.05) is 12.1 Å². The third-order valence-corrected chi connectivity index (χ3v) is 5.25. The first-order valence-corrected chi connectivity index (χ1v) is 10.5. The van der Waals surface area contributed by atoms with Gasteiger partial charge in [0.05, 0.1) is 25.3 Å². The number of hydrogen-bond donors (Lipinski definition) is 2. The Balaban J connectivity index is 1.27. The molecule has 2 atom stereocenters. The van der Waals surface area contributed by atoms with Gasteiger partial charge in [0.25, 0.3) is 11.8 Å². The minimum atomic E-state index is -1.03. The predicted molar refractivity (Wildman–Crippen MR) is 118 cm³/mol. The first-order valence-electron chi connectivity index (χ1n) is 10.5. The molecule has 2 amide bonds. The molecule has 0 bridgehead atoms. The number of ether oxygens (including phenoxy) is 3. The molecule has 2 N–H and O–H groups in total. The summed E-state index contributed by atoms with van der Waals surface area (Å²) >= 11 is 0. The lowest BCUT2D eigenvalue weighted by Crippen LogP contribution is -2.40. The van der Waals surface area contributed by atoms with Crippen LogP contribution in [0.1, 0.15) is 13.3 Å². The molecule has 0 spiro atoms. The van der Waals surface area contributed by atoms with E-state index in [0.29, 0.717) is 30.3 Å². The second kappa shape index (κ2) is 9.69. The molecule has 0 aromatic heterocycles. The largest absolute Gasteiger partial charge is 0.478 e. The normalized spacial score (nSPS) is 18.6. The maximum atomic E-state index is 12.4. The first kappa shape index (κ1) is 21.6. The number of rotatable bonds is 6. The maximum Gasteiger partial charge on any atom is 0.310 e. The van der Waals surface area contributed by atoms with Crippen LogP contribution in [-0.4, -0.2) is 56.3 Å². The second-order valence-corrected chi connectivity index (χ2v) is 7.56. The van der Waals surface area contributed by atoms with E-state index in [9.17, 15) is 14.4 Å². The highest BCUT2D eigenvalue weighted by atomic mass is 16.6. The van der Waals surface area contributed by atoms with Gasteiger partial charge in [-0.25, -0.2) is 0 Å². The zero-order valence-corrected chi connectivity index (χ0v) is 17.7. The van der Waals surface area contributed by atoms with Gasteiger partial charge in [-0.15, -0.1) is 0 Å². The zero-order valence-electron chi connectivity index (χ0n) is 17.7. The molecule has 0 saturated carbocycles. The van der Waals surface area contributed by atoms with Crippen molar-refractivity contribution in [2.75, 3.05) is 41.8 Å². The highest BCUT2D eigenvalue weighted by molar-refractivity contribution is 6.00. The quantitative estimate of drug-likeness (QED) is 0.665. The molecule has 9 nitrogen and oxygen atoms in total. The van der Waals surface area contributed by atoms with Crippen molar-refractivity contribution in [2.45, 2.75) is 25.6 Å². The van der Waals surface area contributed by atoms with Gasteiger partial charge >= 0.3 is 5.97 Å². The lowest BCUT2D eigenvalue weighted by Gasteiger charge is -2.29. The van der Waals surface area contributed by atoms with Crippen LogP contribution in [0.25, 0.3) is 0 Å². The standard InChI is InChI=1S/C23H25N3O6/c1-15(22(28)24-16-6-8-17(9-7-16)26-10-12-30-13-11-26)31-21(27)14-20-23(29)25-18-4-2-3-5-19(18)32-20/h2-9,15,20H,10-14H2,1H3,(H,24,28)(H,25,29)/t15-,20+/m0/s1. The van der Waals surface area contributed by atoms with E-state index in [1.54, 1.807) is 36.4 Å². The summed E-state index contributed by atoms with van der Waals surface area (Å²) < 4.78 is 16.2. The molecule has 1 saturated heterocycles. The van der Waals surface area contributed by atoms with Crippen molar-refractivity contribution in [1.82, 2.24) is 0 Å². The van der Waals surface area contributed by atoms with E-state index in [0.717, 1.165) is 18.8 Å². The lowest BCUT2D eigenvalue weighted by molar-refractivity contribution is -0.155. The Kier molecular flexibility index (Phi) is 6.55. The van der Waals surface area contributed by atoms with Crippen molar-refractivity contribution in [3.8, 4) is 5.75 Å². The molecule has 2 aliphatic rings. The summed E-state index contributed by atoms with van der Waals surface area (Å²) in [5.41, 5.74) is 2.20. The Morgan fingerprint density at radius 3 is 2.62 bits per heavy atom. The monoisotopic (exact) mass is 439 g/mol. The van der Waals surface area contributed by atoms with Gasteiger partial charge < -0.3 is 29.7 Å². The minimum absolute atomic E-state index is 0.300. The van der Waals surface area contributed by atoms with Gasteiger partial charge in [0.2, 0.25) is 0 Å². The Morgan fingerprint density at radius 1 is 1.16 bits per heavy atom. The number of amides is 2. The Bertz CT molecular complexity index is 987. The van der Waals surface area contributed by atoms with E-state index in [1.807, 2.05) is 12.1 Å². The van der Waals surface area contributed by atoms with E-state index >= 15 is 0 Å². The molecule has 168 valence electrons. The Hall–Kier alpha value is -3.59. The van der Waals surface area contributed by atoms with E-state index < -0.39 is 30.0 Å². The smallest absolute Gasteiger partial charge is 0.310 e. The summed E-state index contributed by atoms with van der Waals surface area (Å²) in [6, 6.07) is 14.4. The Morgan fingerprint density at radius 2 is 1.88 bits per heavy atom. The summed E-state index contributed by atoms with van der Waals surface area (Å²) in [4.78, 5) is 39.1. The molecule has 2 aliphatic heterocycles. The van der Waals surface area contributed by atoms with E-state index in [-0.39, 0.29) is 6.42 Å². The molecule has 1 fully saturated rings. The van der Waals surface area contributed by atoms with Crippen molar-refractivity contribution < 1.29 is 28.6 Å². The Labute approximate surface area is 185 Å². The number of nitrogens with zero attached hydrogens (tertiary/aromatic N) is 1. The lowest BCUT2D eigenvalue weighted by atomic mass is 10.1. The van der Waals surface area contributed by atoms with Gasteiger partial charge in [0, 0.05) is 24.5 Å². The molecule has 32 heavy (non-hydrogen) atoms. The zero-order chi connectivity index (χ0) is 22.5. The average molecular weight is 439 g/mol. The summed E-state index contributed by atoms with van der Waals surface area (Å²) in [7, 11) is 0. The number of fused-ring (bicyclic) bond motifs is 1. The number of anilines is 3. The SMILES string of the molecule is C[C@H](OC(=O)C[C@H]1Oc2ccccc2NC1=O)C(=O)Nc1ccc(N2CCOCC2)cc1. The van der Waals surface area contributed by atoms with Gasteiger partial charge in [-0.3, -0.25) is 14.4 Å². The van der Waals surface area contributed by atoms with Crippen LogP contribution in [0.3, 0.4) is 0 Å². The van der Waals surface area contributed by atoms with Crippen molar-refractivity contribution in [3.05, 3.63) is 48.5 Å². The van der Waals surface area contributed by atoms with Crippen LogP contribution in [0.2, 0.25) is 0 Å². The van der Waals surface area contributed by atoms with Crippen LogP contribution in [0.4, 0.5) is 17.1 Å². The van der Waals surface area contributed by atoms with E-state index in [2.05, 4.69) is 15.5 Å². The third kappa shape index (κ3) is 5.17. The first-order chi connectivity index (χ1) is 15.5. The number of hydrogen-bond acceptors (Lipinski definition) is 7. The summed E-state index contributed by atoms with van der Waals surface area (Å²) in [5.74, 6) is -1.11. The van der Waals surface area contributed by atoms with Crippen LogP contribution >= 0.6 is 0 Å². The third-order valence-electron chi connectivity index (χ3n) is 5.25. The number of benzene rings is 2. The van der Waals surface area contributed by atoms with Gasteiger partial charge in [-0.2, -0.15) is 0 Å². The number of nitrogens with one attached hydrogen (secondary N) is 2. The number of carbonyl (C=O) groups is 3. The fourth-order valence-corrected chi connectivity index (χ4v) is 3.50. The number of morpholine rings is 1. The number of esters is 1. The highest BCUT2D eigenvalue weighted by Crippen LogP contribution is 2.29. The van der Waals surface area contributed by atoms with Gasteiger partial charge in [0.1, 0.15) is 5.75 Å². The fourth-order valence-electron chi connectivity index (χ4n) is 3.50. The average Bonchev–Trinajstić information content (AvgIpc) is 2.80. The molecule has 0 unspecified atom stereocenters. The predicted octanol–water partition coefficient (Wildman–Crippen LogP) is 2.18. The van der Waals surface area contributed by atoms with Crippen LogP contribution in [0.5, 0.6) is 5.75 Å². The topological polar surface area (TPSA) is 106 Å². The van der Waals surface area contributed by atoms with Crippen molar-refractivity contribution in [1.29, 1.82) is 0 Å². The molecule has 2 heterocycles. The van der Waals surface area contributed by atoms with Crippen molar-refractivity contribution in [2.24, 2.45) is 0 Å². The van der Waals surface area contributed by atoms with E-state index in [4.69, 9.17) is 14.2 Å². The highest BCUT2D eigenvalue weighted by Gasteiger charge is 2.31. The van der Waals surface area contributed by atoms with Gasteiger partial charge in [-0.05, 0) is 43.3 Å². The summed E-state index contributed by atoms with van der Waals surface area (Å²) in [6.07, 6.45) is -2.34. The van der Waals surface area contributed by atoms with Gasteiger partial charge in [0.15, 0.2) is 12.2 Å². The molecule has 2 aromatic rings. The fraction of sp³-hybridized carbons (Fsp3) is 0.348. The van der Waals surface area contributed by atoms with Crippen LogP contribution in [0, 0.1) is 0 Å². The van der Waals surface area contributed by atoms with Crippen LogP contribution in [-0.2, 0) is 23.9 Å². The molecule has 0 aliphatic carbocycles.